The number of hydrogen-bond donors (Lipinski definition) is 2. The minimum Gasteiger partial charge on any atom is -0.327 e. The van der Waals surface area contributed by atoms with Crippen LogP contribution in [0.5, 0.6) is 0 Å². The molecule has 0 radical (unpaired) electrons. The molecule has 0 aliphatic heterocycles. The van der Waals surface area contributed by atoms with E-state index in [2.05, 4.69) is 15.1 Å². The van der Waals surface area contributed by atoms with Gasteiger partial charge in [0.2, 0.25) is 0 Å². The molecule has 3 rings (SSSR count). The van der Waals surface area contributed by atoms with E-state index in [4.69, 9.17) is 11.5 Å². The first-order valence-electron chi connectivity index (χ1n) is 5.95. The van der Waals surface area contributed by atoms with E-state index in [1.54, 1.807) is 23.3 Å². The second kappa shape index (κ2) is 4.42. The lowest BCUT2D eigenvalue weighted by Crippen LogP contribution is -2.51. The molecule has 96 valence electrons. The van der Waals surface area contributed by atoms with Crippen LogP contribution in [0.4, 0.5) is 0 Å². The van der Waals surface area contributed by atoms with Crippen molar-refractivity contribution in [3.8, 4) is 0 Å². The standard InChI is InChI=1S/C13H14N6/c14-9-13(15,10-4-2-1-3-5-10)19-12-11(8-18-19)16-6-7-17-12/h1-8H,9,14-15H2. The fourth-order valence-corrected chi connectivity index (χ4v) is 2.11. The molecule has 0 bridgehead atoms. The van der Waals surface area contributed by atoms with Crippen molar-refractivity contribution in [2.45, 2.75) is 5.66 Å². The molecule has 0 fully saturated rings. The molecule has 0 amide bonds. The van der Waals surface area contributed by atoms with E-state index in [1.807, 2.05) is 30.3 Å². The Morgan fingerprint density at radius 2 is 1.84 bits per heavy atom. The first-order valence-corrected chi connectivity index (χ1v) is 5.95. The van der Waals surface area contributed by atoms with E-state index in [0.29, 0.717) is 11.2 Å². The molecule has 0 saturated carbocycles. The average molecular weight is 254 g/mol. The van der Waals surface area contributed by atoms with Crippen LogP contribution in [-0.4, -0.2) is 26.3 Å². The number of nitrogens with two attached hydrogens (primary N) is 2. The third-order valence-electron chi connectivity index (χ3n) is 3.17. The van der Waals surface area contributed by atoms with Crippen LogP contribution in [0.15, 0.2) is 48.9 Å². The second-order valence-electron chi connectivity index (χ2n) is 4.32. The maximum Gasteiger partial charge on any atom is 0.178 e. The van der Waals surface area contributed by atoms with Crippen LogP contribution in [0.1, 0.15) is 5.56 Å². The summed E-state index contributed by atoms with van der Waals surface area (Å²) in [6, 6.07) is 9.63. The molecule has 0 spiro atoms. The van der Waals surface area contributed by atoms with Gasteiger partial charge in [-0.3, -0.25) is 0 Å². The average Bonchev–Trinajstić information content (AvgIpc) is 2.92. The lowest BCUT2D eigenvalue weighted by Gasteiger charge is -2.29. The van der Waals surface area contributed by atoms with Crippen LogP contribution in [0.2, 0.25) is 0 Å². The Hall–Kier alpha value is -2.31. The van der Waals surface area contributed by atoms with E-state index >= 15 is 0 Å². The van der Waals surface area contributed by atoms with Crippen molar-refractivity contribution < 1.29 is 0 Å². The van der Waals surface area contributed by atoms with Gasteiger partial charge in [-0.05, 0) is 5.56 Å². The molecule has 0 saturated heterocycles. The first-order chi connectivity index (χ1) is 9.25. The number of fused-ring (bicyclic) bond motifs is 1. The SMILES string of the molecule is NCC(N)(c1ccccc1)n1ncc2nccnc21. The van der Waals surface area contributed by atoms with Crippen LogP contribution in [-0.2, 0) is 5.66 Å². The maximum atomic E-state index is 6.46. The van der Waals surface area contributed by atoms with E-state index < -0.39 is 5.66 Å². The van der Waals surface area contributed by atoms with Crippen LogP contribution in [0.25, 0.3) is 11.2 Å². The van der Waals surface area contributed by atoms with Crippen molar-refractivity contribution in [2.75, 3.05) is 6.54 Å². The molecule has 2 aromatic heterocycles. The zero-order chi connectivity index (χ0) is 13.3. The van der Waals surface area contributed by atoms with Crippen LogP contribution < -0.4 is 11.5 Å². The lowest BCUT2D eigenvalue weighted by atomic mass is 10.0. The second-order valence-corrected chi connectivity index (χ2v) is 4.32. The molecule has 19 heavy (non-hydrogen) atoms. The predicted molar refractivity (Wildman–Crippen MR) is 72.1 cm³/mol. The predicted octanol–water partition coefficient (Wildman–Crippen LogP) is 0.445. The molecule has 4 N–H and O–H groups in total. The summed E-state index contributed by atoms with van der Waals surface area (Å²) in [4.78, 5) is 8.48. The highest BCUT2D eigenvalue weighted by atomic mass is 15.4. The van der Waals surface area contributed by atoms with E-state index in [9.17, 15) is 0 Å². The molecule has 0 aliphatic carbocycles. The molecular formula is C13H14N6. The van der Waals surface area contributed by atoms with Crippen molar-refractivity contribution in [3.63, 3.8) is 0 Å². The molecule has 6 nitrogen and oxygen atoms in total. The summed E-state index contributed by atoms with van der Waals surface area (Å²) in [6.45, 7) is 0.213. The summed E-state index contributed by atoms with van der Waals surface area (Å²) in [5.41, 5.74) is 13.6. The van der Waals surface area contributed by atoms with Crippen molar-refractivity contribution in [1.82, 2.24) is 19.7 Å². The van der Waals surface area contributed by atoms with Gasteiger partial charge in [-0.1, -0.05) is 30.3 Å². The lowest BCUT2D eigenvalue weighted by molar-refractivity contribution is 0.351. The van der Waals surface area contributed by atoms with E-state index in [1.165, 1.54) is 0 Å². The summed E-state index contributed by atoms with van der Waals surface area (Å²) < 4.78 is 1.63. The van der Waals surface area contributed by atoms with Crippen molar-refractivity contribution >= 4 is 11.2 Å². The Kier molecular flexibility index (Phi) is 2.73. The highest BCUT2D eigenvalue weighted by molar-refractivity contribution is 5.69. The fourth-order valence-electron chi connectivity index (χ4n) is 2.11. The highest BCUT2D eigenvalue weighted by Crippen LogP contribution is 2.22. The van der Waals surface area contributed by atoms with Gasteiger partial charge in [0.1, 0.15) is 11.2 Å². The van der Waals surface area contributed by atoms with Gasteiger partial charge >= 0.3 is 0 Å². The van der Waals surface area contributed by atoms with Crippen molar-refractivity contribution in [3.05, 3.63) is 54.5 Å². The normalized spacial score (nSPS) is 14.4. The highest BCUT2D eigenvalue weighted by Gasteiger charge is 2.30. The Morgan fingerprint density at radius 3 is 2.58 bits per heavy atom. The topological polar surface area (TPSA) is 95.6 Å². The quantitative estimate of drug-likeness (QED) is 0.707. The molecule has 1 aromatic carbocycles. The Labute approximate surface area is 110 Å². The van der Waals surface area contributed by atoms with Crippen LogP contribution in [0.3, 0.4) is 0 Å². The smallest absolute Gasteiger partial charge is 0.178 e. The largest absolute Gasteiger partial charge is 0.327 e. The van der Waals surface area contributed by atoms with Crippen LogP contribution in [0, 0.1) is 0 Å². The number of hydrogen-bond acceptors (Lipinski definition) is 5. The van der Waals surface area contributed by atoms with Gasteiger partial charge in [0.15, 0.2) is 5.65 Å². The first kappa shape index (κ1) is 11.8. The Balaban J connectivity index is 2.22. The minimum absolute atomic E-state index is 0.213. The van der Waals surface area contributed by atoms with Gasteiger partial charge in [-0.15, -0.1) is 0 Å². The number of nitrogens with zero attached hydrogens (tertiary/aromatic N) is 4. The van der Waals surface area contributed by atoms with Gasteiger partial charge < -0.3 is 11.5 Å². The molecule has 2 heterocycles. The summed E-state index contributed by atoms with van der Waals surface area (Å²) in [5, 5.41) is 4.30. The zero-order valence-electron chi connectivity index (χ0n) is 10.3. The van der Waals surface area contributed by atoms with Gasteiger partial charge in [-0.2, -0.15) is 5.10 Å². The summed E-state index contributed by atoms with van der Waals surface area (Å²) in [6.07, 6.45) is 4.88. The molecule has 1 unspecified atom stereocenters. The minimum atomic E-state index is -0.932. The van der Waals surface area contributed by atoms with Gasteiger partial charge in [0.25, 0.3) is 0 Å². The third kappa shape index (κ3) is 1.78. The molecule has 3 aromatic rings. The third-order valence-corrected chi connectivity index (χ3v) is 3.17. The molecule has 0 aliphatic rings. The molecule has 6 heteroatoms. The summed E-state index contributed by atoms with van der Waals surface area (Å²) in [7, 11) is 0. The molecular weight excluding hydrogens is 240 g/mol. The van der Waals surface area contributed by atoms with Gasteiger partial charge in [0, 0.05) is 18.9 Å². The van der Waals surface area contributed by atoms with Gasteiger partial charge in [0.05, 0.1) is 6.20 Å². The summed E-state index contributed by atoms with van der Waals surface area (Å²) >= 11 is 0. The fraction of sp³-hybridized carbons (Fsp3) is 0.154. The Bertz CT molecular complexity index is 692. The number of aromatic nitrogens is 4. The number of benzene rings is 1. The van der Waals surface area contributed by atoms with Crippen molar-refractivity contribution in [1.29, 1.82) is 0 Å². The monoisotopic (exact) mass is 254 g/mol. The maximum absolute atomic E-state index is 6.46. The van der Waals surface area contributed by atoms with Crippen molar-refractivity contribution in [2.24, 2.45) is 11.5 Å². The Morgan fingerprint density at radius 1 is 1.11 bits per heavy atom. The number of rotatable bonds is 3. The van der Waals surface area contributed by atoms with E-state index in [-0.39, 0.29) is 6.54 Å². The van der Waals surface area contributed by atoms with Gasteiger partial charge in [-0.25, -0.2) is 14.6 Å². The van der Waals surface area contributed by atoms with E-state index in [0.717, 1.165) is 5.56 Å². The molecule has 1 atom stereocenters. The zero-order valence-corrected chi connectivity index (χ0v) is 10.3. The van der Waals surface area contributed by atoms with Crippen LogP contribution >= 0.6 is 0 Å². The summed E-state index contributed by atoms with van der Waals surface area (Å²) in [5.74, 6) is 0.